The fourth-order valence-electron chi connectivity index (χ4n) is 4.73. The maximum Gasteiger partial charge on any atom is 0.246 e. The van der Waals surface area contributed by atoms with Crippen LogP contribution in [0.1, 0.15) is 23.3 Å². The number of anilines is 2. The van der Waals surface area contributed by atoms with Crippen LogP contribution in [0.2, 0.25) is 5.02 Å². The number of aromatic hydroxyl groups is 1. The third kappa shape index (κ3) is 5.43. The molecule has 3 aromatic rings. The molecule has 2 aliphatic heterocycles. The first-order chi connectivity index (χ1) is 17.0. The van der Waals surface area contributed by atoms with E-state index in [-0.39, 0.29) is 11.7 Å². The lowest BCUT2D eigenvalue weighted by Crippen LogP contribution is -2.37. The number of nitrogens with zero attached hydrogens (tertiary/aromatic N) is 4. The number of halogens is 1. The van der Waals surface area contributed by atoms with Gasteiger partial charge in [0.1, 0.15) is 22.7 Å². The Morgan fingerprint density at radius 1 is 1.29 bits per heavy atom. The average molecular weight is 514 g/mol. The van der Waals surface area contributed by atoms with Gasteiger partial charge in [0.05, 0.1) is 18.0 Å². The van der Waals surface area contributed by atoms with Crippen LogP contribution in [-0.2, 0) is 22.5 Å². The number of rotatable bonds is 6. The Labute approximate surface area is 213 Å². The van der Waals surface area contributed by atoms with Crippen LogP contribution in [0.25, 0.3) is 10.2 Å². The van der Waals surface area contributed by atoms with E-state index in [1.807, 2.05) is 11.0 Å². The fraction of sp³-hybridized carbons (Fsp3) is 0.400. The second-order valence-electron chi connectivity index (χ2n) is 8.88. The number of carbonyl (C=O) groups excluding carboxylic acids is 1. The maximum absolute atomic E-state index is 12.9. The van der Waals surface area contributed by atoms with Gasteiger partial charge in [0.2, 0.25) is 5.91 Å². The largest absolute Gasteiger partial charge is 0.508 e. The van der Waals surface area contributed by atoms with Crippen molar-refractivity contribution in [2.24, 2.45) is 0 Å². The number of ether oxygens (including phenoxy) is 1. The summed E-state index contributed by atoms with van der Waals surface area (Å²) in [7, 11) is 1.77. The molecule has 35 heavy (non-hydrogen) atoms. The summed E-state index contributed by atoms with van der Waals surface area (Å²) in [5.74, 6) is 0.795. The molecular weight excluding hydrogens is 486 g/mol. The Morgan fingerprint density at radius 3 is 2.89 bits per heavy atom. The van der Waals surface area contributed by atoms with E-state index in [2.05, 4.69) is 20.2 Å². The van der Waals surface area contributed by atoms with Crippen molar-refractivity contribution in [3.8, 4) is 5.75 Å². The molecule has 1 aromatic carbocycles. The minimum absolute atomic E-state index is 0.0405. The molecule has 1 saturated heterocycles. The predicted molar refractivity (Wildman–Crippen MR) is 139 cm³/mol. The standard InChI is InChI=1S/C25H28ClN5O3S/c1-34-19-4-8-30(9-5-19)7-2-3-22(33)31-10-6-20-21(14-31)35-25-23(20)24(27-15-28-25)29-17-11-16(26)12-18(32)13-17/h2-3,11-13,15,19,32H,4-10,14H2,1H3,(H,27,28,29). The smallest absolute Gasteiger partial charge is 0.246 e. The molecule has 10 heteroatoms. The van der Waals surface area contributed by atoms with Crippen LogP contribution < -0.4 is 5.32 Å². The summed E-state index contributed by atoms with van der Waals surface area (Å²) in [5.41, 5.74) is 1.83. The van der Waals surface area contributed by atoms with Crippen LogP contribution in [0.3, 0.4) is 0 Å². The summed E-state index contributed by atoms with van der Waals surface area (Å²) in [5, 5.41) is 14.5. The van der Waals surface area contributed by atoms with Crippen LogP contribution in [0, 0.1) is 0 Å². The number of phenolic OH excluding ortho intramolecular Hbond substituents is 1. The van der Waals surface area contributed by atoms with E-state index in [1.54, 1.807) is 36.7 Å². The maximum atomic E-state index is 12.9. The number of thiophene rings is 1. The second kappa shape index (κ2) is 10.5. The molecule has 0 aliphatic carbocycles. The Hall–Kier alpha value is -2.72. The zero-order chi connectivity index (χ0) is 24.4. The number of aromatic nitrogens is 2. The zero-order valence-electron chi connectivity index (χ0n) is 19.5. The van der Waals surface area contributed by atoms with Crippen LogP contribution >= 0.6 is 22.9 Å². The first-order valence-electron chi connectivity index (χ1n) is 11.7. The number of amides is 1. The van der Waals surface area contributed by atoms with E-state index in [9.17, 15) is 9.90 Å². The third-order valence-electron chi connectivity index (χ3n) is 6.59. The Kier molecular flexibility index (Phi) is 7.19. The molecular formula is C25H28ClN5O3S. The van der Waals surface area contributed by atoms with Gasteiger partial charge in [-0.2, -0.15) is 0 Å². The van der Waals surface area contributed by atoms with Gasteiger partial charge in [-0.3, -0.25) is 9.69 Å². The second-order valence-corrected chi connectivity index (χ2v) is 10.4. The summed E-state index contributed by atoms with van der Waals surface area (Å²) >= 11 is 7.68. The van der Waals surface area contributed by atoms with Crippen LogP contribution in [0.5, 0.6) is 5.75 Å². The first kappa shape index (κ1) is 24.0. The van der Waals surface area contributed by atoms with Crippen molar-refractivity contribution < 1.29 is 14.6 Å². The Balaban J connectivity index is 1.27. The lowest BCUT2D eigenvalue weighted by atomic mass is 10.0. The van der Waals surface area contributed by atoms with E-state index < -0.39 is 0 Å². The van der Waals surface area contributed by atoms with Gasteiger partial charge in [-0.15, -0.1) is 11.3 Å². The van der Waals surface area contributed by atoms with Gasteiger partial charge in [-0.1, -0.05) is 17.7 Å². The van der Waals surface area contributed by atoms with Crippen molar-refractivity contribution >= 4 is 50.6 Å². The highest BCUT2D eigenvalue weighted by Gasteiger charge is 2.26. The SMILES string of the molecule is COC1CCN(CC=CC(=O)N2CCc3c(sc4ncnc(Nc5cc(O)cc(Cl)c5)c34)C2)CC1. The number of hydrogen-bond acceptors (Lipinski definition) is 8. The van der Waals surface area contributed by atoms with Gasteiger partial charge < -0.3 is 20.1 Å². The summed E-state index contributed by atoms with van der Waals surface area (Å²) in [6, 6.07) is 4.82. The fourth-order valence-corrected chi connectivity index (χ4v) is 6.16. The summed E-state index contributed by atoms with van der Waals surface area (Å²) in [6.07, 6.45) is 8.39. The lowest BCUT2D eigenvalue weighted by Gasteiger charge is -2.30. The Bertz CT molecular complexity index is 1240. The summed E-state index contributed by atoms with van der Waals surface area (Å²) in [4.78, 5) is 28.0. The van der Waals surface area contributed by atoms with Gasteiger partial charge in [0, 0.05) is 61.0 Å². The van der Waals surface area contributed by atoms with Crippen molar-refractivity contribution in [2.75, 3.05) is 38.6 Å². The molecule has 0 atom stereocenters. The average Bonchev–Trinajstić information content (AvgIpc) is 3.22. The predicted octanol–water partition coefficient (Wildman–Crippen LogP) is 4.35. The molecule has 0 unspecified atom stereocenters. The summed E-state index contributed by atoms with van der Waals surface area (Å²) in [6.45, 7) is 3.99. The van der Waals surface area contributed by atoms with Gasteiger partial charge >= 0.3 is 0 Å². The monoisotopic (exact) mass is 513 g/mol. The number of carbonyl (C=O) groups is 1. The van der Waals surface area contributed by atoms with Crippen molar-refractivity contribution in [1.29, 1.82) is 0 Å². The number of fused-ring (bicyclic) bond motifs is 3. The number of methoxy groups -OCH3 is 1. The summed E-state index contributed by atoms with van der Waals surface area (Å²) < 4.78 is 5.43. The molecule has 1 fully saturated rings. The number of nitrogens with one attached hydrogen (secondary N) is 1. The highest BCUT2D eigenvalue weighted by atomic mass is 35.5. The number of hydrogen-bond donors (Lipinski definition) is 2. The molecule has 184 valence electrons. The number of likely N-dealkylation sites (tertiary alicyclic amines) is 1. The molecule has 2 aromatic heterocycles. The normalized spacial score (nSPS) is 17.3. The minimum atomic E-state index is 0.0405. The van der Waals surface area contributed by atoms with Crippen molar-refractivity contribution in [3.63, 3.8) is 0 Å². The molecule has 2 N–H and O–H groups in total. The Morgan fingerprint density at radius 2 is 2.11 bits per heavy atom. The quantitative estimate of drug-likeness (QED) is 0.473. The molecule has 2 aliphatic rings. The van der Waals surface area contributed by atoms with Gasteiger partial charge in [0.15, 0.2) is 0 Å². The van der Waals surface area contributed by atoms with Crippen molar-refractivity contribution in [1.82, 2.24) is 19.8 Å². The van der Waals surface area contributed by atoms with Gasteiger partial charge in [-0.25, -0.2) is 9.97 Å². The van der Waals surface area contributed by atoms with Gasteiger partial charge in [-0.05, 0) is 37.0 Å². The molecule has 4 heterocycles. The lowest BCUT2D eigenvalue weighted by molar-refractivity contribution is -0.126. The van der Waals surface area contributed by atoms with Crippen LogP contribution in [0.15, 0.2) is 36.7 Å². The number of benzene rings is 1. The van der Waals surface area contributed by atoms with E-state index >= 15 is 0 Å². The number of phenols is 1. The highest BCUT2D eigenvalue weighted by molar-refractivity contribution is 7.19. The van der Waals surface area contributed by atoms with Crippen LogP contribution in [0.4, 0.5) is 11.5 Å². The zero-order valence-corrected chi connectivity index (χ0v) is 21.1. The van der Waals surface area contributed by atoms with Crippen molar-refractivity contribution in [3.05, 3.63) is 52.1 Å². The molecule has 0 radical (unpaired) electrons. The van der Waals surface area contributed by atoms with E-state index in [0.29, 0.717) is 35.7 Å². The molecule has 0 saturated carbocycles. The molecule has 0 bridgehead atoms. The van der Waals surface area contributed by atoms with Crippen LogP contribution in [-0.4, -0.2) is 70.2 Å². The third-order valence-corrected chi connectivity index (χ3v) is 7.93. The van der Waals surface area contributed by atoms with E-state index in [0.717, 1.165) is 54.0 Å². The highest BCUT2D eigenvalue weighted by Crippen LogP contribution is 2.38. The van der Waals surface area contributed by atoms with Gasteiger partial charge in [0.25, 0.3) is 0 Å². The van der Waals surface area contributed by atoms with E-state index in [1.165, 1.54) is 18.0 Å². The number of piperidine rings is 1. The van der Waals surface area contributed by atoms with Crippen molar-refractivity contribution in [2.45, 2.75) is 31.9 Å². The van der Waals surface area contributed by atoms with E-state index in [4.69, 9.17) is 16.3 Å². The first-order valence-corrected chi connectivity index (χ1v) is 12.9. The minimum Gasteiger partial charge on any atom is -0.508 e. The molecule has 1 amide bonds. The topological polar surface area (TPSA) is 90.8 Å². The molecule has 8 nitrogen and oxygen atoms in total. The molecule has 5 rings (SSSR count). The molecule has 0 spiro atoms.